The summed E-state index contributed by atoms with van der Waals surface area (Å²) in [6.07, 6.45) is 1.97. The first-order valence-electron chi connectivity index (χ1n) is 9.26. The molecule has 1 amide bonds. The van der Waals surface area contributed by atoms with Crippen molar-refractivity contribution in [1.29, 1.82) is 0 Å². The van der Waals surface area contributed by atoms with E-state index in [4.69, 9.17) is 9.47 Å². The lowest BCUT2D eigenvalue weighted by atomic mass is 10.2. The van der Waals surface area contributed by atoms with Gasteiger partial charge in [-0.25, -0.2) is 8.42 Å². The Morgan fingerprint density at radius 2 is 1.75 bits per heavy atom. The molecule has 2 aromatic rings. The standard InChI is InChI=1S/C20H24N2O5S/c1-3-26-18-11-10-17(13-19(18)27-4-2)28(24,25)22-16-7-5-6-14(12-16)20(23)21-15-8-9-15/h5-7,10-13,15,22H,3-4,8-9H2,1-2H3,(H,21,23). The fourth-order valence-corrected chi connectivity index (χ4v) is 3.70. The van der Waals surface area contributed by atoms with Crippen LogP contribution in [0.4, 0.5) is 5.69 Å². The zero-order chi connectivity index (χ0) is 20.1. The Kier molecular flexibility index (Phi) is 6.08. The van der Waals surface area contributed by atoms with Crippen LogP contribution in [0.1, 0.15) is 37.0 Å². The number of carbonyl (C=O) groups excluding carboxylic acids is 1. The minimum absolute atomic E-state index is 0.0484. The van der Waals surface area contributed by atoms with Crippen molar-refractivity contribution in [2.75, 3.05) is 17.9 Å². The molecule has 3 rings (SSSR count). The lowest BCUT2D eigenvalue weighted by molar-refractivity contribution is 0.0951. The molecular weight excluding hydrogens is 380 g/mol. The highest BCUT2D eigenvalue weighted by atomic mass is 32.2. The Morgan fingerprint density at radius 1 is 1.04 bits per heavy atom. The number of anilines is 1. The van der Waals surface area contributed by atoms with Gasteiger partial charge in [-0.2, -0.15) is 0 Å². The number of nitrogens with one attached hydrogen (secondary N) is 2. The second kappa shape index (κ2) is 8.52. The van der Waals surface area contributed by atoms with Crippen LogP contribution in [0, 0.1) is 0 Å². The largest absolute Gasteiger partial charge is 0.490 e. The summed E-state index contributed by atoms with van der Waals surface area (Å²) in [4.78, 5) is 12.2. The molecule has 1 fully saturated rings. The van der Waals surface area contributed by atoms with E-state index in [2.05, 4.69) is 10.0 Å². The van der Waals surface area contributed by atoms with Crippen molar-refractivity contribution in [3.63, 3.8) is 0 Å². The van der Waals surface area contributed by atoms with E-state index in [1.807, 2.05) is 13.8 Å². The molecule has 0 atom stereocenters. The Labute approximate surface area is 165 Å². The highest BCUT2D eigenvalue weighted by molar-refractivity contribution is 7.92. The molecule has 7 nitrogen and oxygen atoms in total. The van der Waals surface area contributed by atoms with Gasteiger partial charge in [-0.1, -0.05) is 6.07 Å². The Hall–Kier alpha value is -2.74. The van der Waals surface area contributed by atoms with Crippen molar-refractivity contribution in [3.8, 4) is 11.5 Å². The highest BCUT2D eigenvalue weighted by Crippen LogP contribution is 2.31. The number of ether oxygens (including phenoxy) is 2. The molecule has 2 aromatic carbocycles. The van der Waals surface area contributed by atoms with E-state index < -0.39 is 10.0 Å². The van der Waals surface area contributed by atoms with Crippen LogP contribution in [0.5, 0.6) is 11.5 Å². The Balaban J connectivity index is 1.81. The summed E-state index contributed by atoms with van der Waals surface area (Å²) < 4.78 is 39.1. The third-order valence-corrected chi connectivity index (χ3v) is 5.49. The van der Waals surface area contributed by atoms with Gasteiger partial charge in [0, 0.05) is 23.4 Å². The maximum Gasteiger partial charge on any atom is 0.262 e. The zero-order valence-electron chi connectivity index (χ0n) is 15.9. The number of carbonyl (C=O) groups is 1. The molecule has 28 heavy (non-hydrogen) atoms. The van der Waals surface area contributed by atoms with Gasteiger partial charge < -0.3 is 14.8 Å². The molecule has 0 heterocycles. The van der Waals surface area contributed by atoms with Gasteiger partial charge in [0.25, 0.3) is 15.9 Å². The van der Waals surface area contributed by atoms with E-state index in [1.54, 1.807) is 24.3 Å². The zero-order valence-corrected chi connectivity index (χ0v) is 16.7. The van der Waals surface area contributed by atoms with E-state index in [0.717, 1.165) is 12.8 Å². The summed E-state index contributed by atoms with van der Waals surface area (Å²) >= 11 is 0. The number of sulfonamides is 1. The summed E-state index contributed by atoms with van der Waals surface area (Å²) in [5.41, 5.74) is 0.726. The molecule has 150 valence electrons. The molecule has 1 aliphatic carbocycles. The number of amides is 1. The predicted molar refractivity (Wildman–Crippen MR) is 107 cm³/mol. The van der Waals surface area contributed by atoms with Gasteiger partial charge >= 0.3 is 0 Å². The Morgan fingerprint density at radius 3 is 2.43 bits per heavy atom. The van der Waals surface area contributed by atoms with Gasteiger partial charge in [0.05, 0.1) is 18.1 Å². The molecule has 0 bridgehead atoms. The lowest BCUT2D eigenvalue weighted by Gasteiger charge is -2.14. The van der Waals surface area contributed by atoms with E-state index in [1.165, 1.54) is 18.2 Å². The molecule has 0 aromatic heterocycles. The fourth-order valence-electron chi connectivity index (χ4n) is 2.63. The smallest absolute Gasteiger partial charge is 0.262 e. The van der Waals surface area contributed by atoms with Gasteiger partial charge in [0.1, 0.15) is 0 Å². The van der Waals surface area contributed by atoms with Crippen LogP contribution in [-0.2, 0) is 10.0 Å². The van der Waals surface area contributed by atoms with E-state index in [-0.39, 0.29) is 16.8 Å². The average molecular weight is 404 g/mol. The molecule has 0 aliphatic heterocycles. The van der Waals surface area contributed by atoms with Crippen LogP contribution in [-0.4, -0.2) is 33.6 Å². The molecule has 8 heteroatoms. The van der Waals surface area contributed by atoms with Crippen molar-refractivity contribution >= 4 is 21.6 Å². The molecule has 0 spiro atoms. The van der Waals surface area contributed by atoms with Crippen LogP contribution in [0.3, 0.4) is 0 Å². The topological polar surface area (TPSA) is 93.7 Å². The van der Waals surface area contributed by atoms with E-state index in [0.29, 0.717) is 36.0 Å². The van der Waals surface area contributed by atoms with E-state index in [9.17, 15) is 13.2 Å². The second-order valence-corrected chi connectivity index (χ2v) is 8.09. The van der Waals surface area contributed by atoms with Crippen LogP contribution < -0.4 is 19.5 Å². The molecule has 1 saturated carbocycles. The minimum atomic E-state index is -3.86. The molecule has 0 saturated heterocycles. The van der Waals surface area contributed by atoms with Gasteiger partial charge in [0.15, 0.2) is 11.5 Å². The molecule has 2 N–H and O–H groups in total. The highest BCUT2D eigenvalue weighted by Gasteiger charge is 2.24. The third-order valence-electron chi connectivity index (χ3n) is 4.11. The summed E-state index contributed by atoms with van der Waals surface area (Å²) in [5.74, 6) is 0.648. The molecule has 1 aliphatic rings. The average Bonchev–Trinajstić information content (AvgIpc) is 3.47. The summed E-state index contributed by atoms with van der Waals surface area (Å²) in [6, 6.07) is 11.1. The van der Waals surface area contributed by atoms with Crippen molar-refractivity contribution in [2.45, 2.75) is 37.6 Å². The summed E-state index contributed by atoms with van der Waals surface area (Å²) in [7, 11) is -3.86. The van der Waals surface area contributed by atoms with Gasteiger partial charge in [-0.05, 0) is 57.0 Å². The third kappa shape index (κ3) is 4.95. The molecular formula is C20H24N2O5S. The lowest BCUT2D eigenvalue weighted by Crippen LogP contribution is -2.25. The van der Waals surface area contributed by atoms with Crippen LogP contribution in [0.25, 0.3) is 0 Å². The second-order valence-electron chi connectivity index (χ2n) is 6.41. The van der Waals surface area contributed by atoms with Crippen molar-refractivity contribution in [2.24, 2.45) is 0 Å². The normalized spacial score (nSPS) is 13.6. The van der Waals surface area contributed by atoms with Crippen molar-refractivity contribution in [1.82, 2.24) is 5.32 Å². The van der Waals surface area contributed by atoms with Gasteiger partial charge in [-0.3, -0.25) is 9.52 Å². The van der Waals surface area contributed by atoms with Crippen LogP contribution in [0.15, 0.2) is 47.4 Å². The summed E-state index contributed by atoms with van der Waals surface area (Å²) in [5, 5.41) is 2.88. The number of benzene rings is 2. The fraction of sp³-hybridized carbons (Fsp3) is 0.350. The van der Waals surface area contributed by atoms with Crippen molar-refractivity contribution < 1.29 is 22.7 Å². The SMILES string of the molecule is CCOc1ccc(S(=O)(=O)Nc2cccc(C(=O)NC3CC3)c2)cc1OCC. The first-order chi connectivity index (χ1) is 13.4. The van der Waals surface area contributed by atoms with Gasteiger partial charge in [0.2, 0.25) is 0 Å². The maximum absolute atomic E-state index is 12.8. The summed E-state index contributed by atoms with van der Waals surface area (Å²) in [6.45, 7) is 4.48. The predicted octanol–water partition coefficient (Wildman–Crippen LogP) is 3.18. The molecule has 0 radical (unpaired) electrons. The quantitative estimate of drug-likeness (QED) is 0.670. The monoisotopic (exact) mass is 404 g/mol. The number of hydrogen-bond acceptors (Lipinski definition) is 5. The number of hydrogen-bond donors (Lipinski definition) is 2. The molecule has 0 unspecified atom stereocenters. The number of rotatable bonds is 9. The van der Waals surface area contributed by atoms with Crippen LogP contribution >= 0.6 is 0 Å². The van der Waals surface area contributed by atoms with Gasteiger partial charge in [-0.15, -0.1) is 0 Å². The van der Waals surface area contributed by atoms with E-state index >= 15 is 0 Å². The van der Waals surface area contributed by atoms with Crippen molar-refractivity contribution in [3.05, 3.63) is 48.0 Å². The first kappa shape index (κ1) is 20.0. The first-order valence-corrected chi connectivity index (χ1v) is 10.7. The maximum atomic E-state index is 12.8. The minimum Gasteiger partial charge on any atom is -0.490 e. The Bertz CT molecular complexity index is 955. The van der Waals surface area contributed by atoms with Crippen LogP contribution in [0.2, 0.25) is 0 Å².